The number of imidazole rings is 1. The number of benzene rings is 2. The maximum Gasteiger partial charge on any atom is 0.258 e. The summed E-state index contributed by atoms with van der Waals surface area (Å²) in [7, 11) is 3.31. The topological polar surface area (TPSA) is 169 Å². The van der Waals surface area contributed by atoms with E-state index in [0.717, 1.165) is 29.4 Å². The molecule has 2 bridgehead atoms. The first-order chi connectivity index (χ1) is 29.9. The predicted octanol–water partition coefficient (Wildman–Crippen LogP) is 4.48. The molecule has 4 amide bonds. The Bertz CT molecular complexity index is 2560. The standard InChI is InChI=1S/C44H48F2N10O6/c1-25-5-4-14-62-43-31(20-47-52(43)2)35-16-27(17-38(48-35)61-3)40(58)51-44-49-34-8-6-26(15-36(34)56(44)21-25)22-53-10-12-54(13-11-53)42(60)28-23-55(24-28)29-18-32(45)39(33(46)19-29)30-7-9-37(57)50-41(30)59/h6,8,15-20,25,28,30H,4-5,7,9-14,21-24H2,1-3H3,(H,49,51,58)(H,50,57,59)/t25-,30-/m1/s1. The molecule has 2 aromatic carbocycles. The third-order valence-corrected chi connectivity index (χ3v) is 12.4. The van der Waals surface area contributed by atoms with Crippen molar-refractivity contribution in [3.05, 3.63) is 77.0 Å². The number of halogens is 2. The third kappa shape index (κ3) is 8.06. The lowest BCUT2D eigenvalue weighted by molar-refractivity contribution is -0.138. The Morgan fingerprint density at radius 3 is 2.47 bits per heavy atom. The second kappa shape index (κ2) is 16.8. The number of methoxy groups -OCH3 is 1. The maximum atomic E-state index is 15.2. The van der Waals surface area contributed by atoms with Crippen LogP contribution in [0.3, 0.4) is 0 Å². The molecule has 0 unspecified atom stereocenters. The van der Waals surface area contributed by atoms with Crippen LogP contribution in [-0.4, -0.2) is 111 Å². The molecule has 62 heavy (non-hydrogen) atoms. The second-order valence-corrected chi connectivity index (χ2v) is 16.7. The van der Waals surface area contributed by atoms with E-state index in [1.54, 1.807) is 35.0 Å². The molecule has 2 atom stereocenters. The molecule has 16 nitrogen and oxygen atoms in total. The van der Waals surface area contributed by atoms with Crippen molar-refractivity contribution in [1.29, 1.82) is 0 Å². The van der Waals surface area contributed by atoms with E-state index in [0.29, 0.717) is 93.3 Å². The highest BCUT2D eigenvalue weighted by atomic mass is 19.1. The molecule has 324 valence electrons. The minimum atomic E-state index is -1.07. The van der Waals surface area contributed by atoms with Crippen LogP contribution in [0.15, 0.2) is 48.7 Å². The number of amides is 4. The van der Waals surface area contributed by atoms with Gasteiger partial charge in [-0.05, 0) is 61.1 Å². The largest absolute Gasteiger partial charge is 0.481 e. The van der Waals surface area contributed by atoms with Crippen molar-refractivity contribution in [2.24, 2.45) is 18.9 Å². The van der Waals surface area contributed by atoms with Gasteiger partial charge in [0.25, 0.3) is 5.91 Å². The van der Waals surface area contributed by atoms with Gasteiger partial charge in [0.15, 0.2) is 0 Å². The zero-order valence-electron chi connectivity index (χ0n) is 34.8. The number of pyridine rings is 1. The van der Waals surface area contributed by atoms with E-state index in [4.69, 9.17) is 14.5 Å². The number of carbonyl (C=O) groups excluding carboxylic acids is 4. The third-order valence-electron chi connectivity index (χ3n) is 12.4. The number of anilines is 2. The summed E-state index contributed by atoms with van der Waals surface area (Å²) in [5.41, 5.74) is 4.23. The number of rotatable bonds is 6. The van der Waals surface area contributed by atoms with E-state index in [2.05, 4.69) is 43.2 Å². The van der Waals surface area contributed by atoms with Gasteiger partial charge in [0.1, 0.15) is 11.6 Å². The quantitative estimate of drug-likeness (QED) is 0.231. The molecule has 0 radical (unpaired) electrons. The van der Waals surface area contributed by atoms with Crippen molar-refractivity contribution >= 4 is 46.3 Å². The van der Waals surface area contributed by atoms with Gasteiger partial charge in [-0.1, -0.05) is 13.0 Å². The summed E-state index contributed by atoms with van der Waals surface area (Å²) in [4.78, 5) is 66.6. The van der Waals surface area contributed by atoms with E-state index in [-0.39, 0.29) is 47.9 Å². The Morgan fingerprint density at radius 2 is 1.73 bits per heavy atom. The fourth-order valence-corrected chi connectivity index (χ4v) is 8.92. The lowest BCUT2D eigenvalue weighted by Gasteiger charge is -2.44. The van der Waals surface area contributed by atoms with Gasteiger partial charge in [0, 0.05) is 88.7 Å². The van der Waals surface area contributed by atoms with Crippen molar-refractivity contribution < 1.29 is 37.4 Å². The SMILES string of the molecule is COc1cc2cc(n1)-c1cnn(C)c1OCCC[C@@H](C)Cn1c(nc3ccc(CN4CCN(C(=O)C5CN(c6cc(F)c([C@H]7CCC(=O)NC7=O)c(F)c6)C5)CC4)cc31)NC2=O. The van der Waals surface area contributed by atoms with Crippen LogP contribution in [0.25, 0.3) is 22.3 Å². The highest BCUT2D eigenvalue weighted by Crippen LogP contribution is 2.36. The Morgan fingerprint density at radius 1 is 0.952 bits per heavy atom. The molecule has 3 saturated heterocycles. The monoisotopic (exact) mass is 850 g/mol. The van der Waals surface area contributed by atoms with E-state index >= 15 is 8.78 Å². The van der Waals surface area contributed by atoms with Gasteiger partial charge in [-0.2, -0.15) is 5.10 Å². The molecule has 4 aliphatic rings. The maximum absolute atomic E-state index is 15.2. The van der Waals surface area contributed by atoms with Gasteiger partial charge in [-0.3, -0.25) is 34.7 Å². The normalized spacial score (nSPS) is 20.3. The van der Waals surface area contributed by atoms with E-state index < -0.39 is 29.4 Å². The number of piperazine rings is 1. The van der Waals surface area contributed by atoms with E-state index in [1.165, 1.54) is 19.2 Å². The highest BCUT2D eigenvalue weighted by molar-refractivity contribution is 6.05. The van der Waals surface area contributed by atoms with Crippen LogP contribution in [0.1, 0.15) is 60.0 Å². The number of hydrogen-bond acceptors (Lipinski definition) is 11. The molecule has 0 spiro atoms. The molecule has 4 aliphatic heterocycles. The fourth-order valence-electron chi connectivity index (χ4n) is 8.92. The minimum absolute atomic E-state index is 0.0184. The number of imide groups is 1. The first-order valence-electron chi connectivity index (χ1n) is 21.0. The number of nitrogens with zero attached hydrogens (tertiary/aromatic N) is 8. The van der Waals surface area contributed by atoms with Gasteiger partial charge < -0.3 is 23.8 Å². The summed E-state index contributed by atoms with van der Waals surface area (Å²) in [5.74, 6) is -3.01. The average Bonchev–Trinajstić information content (AvgIpc) is 3.77. The van der Waals surface area contributed by atoms with Gasteiger partial charge in [-0.25, -0.2) is 23.4 Å². The van der Waals surface area contributed by atoms with E-state index in [1.807, 2.05) is 17.0 Å². The summed E-state index contributed by atoms with van der Waals surface area (Å²) in [5, 5.41) is 9.60. The van der Waals surface area contributed by atoms with Crippen LogP contribution in [0, 0.1) is 23.5 Å². The van der Waals surface area contributed by atoms with Gasteiger partial charge in [0.2, 0.25) is 35.4 Å². The number of piperidine rings is 1. The van der Waals surface area contributed by atoms with Crippen LogP contribution < -0.4 is 25.0 Å². The lowest BCUT2D eigenvalue weighted by Crippen LogP contribution is -2.58. The molecule has 3 fully saturated rings. The number of aromatic nitrogens is 5. The number of carbonyl (C=O) groups is 4. The van der Waals surface area contributed by atoms with Crippen molar-refractivity contribution in [3.63, 3.8) is 0 Å². The highest BCUT2D eigenvalue weighted by Gasteiger charge is 2.38. The molecule has 0 saturated carbocycles. The summed E-state index contributed by atoms with van der Waals surface area (Å²) in [6.45, 7) is 7.08. The zero-order chi connectivity index (χ0) is 43.2. The molecule has 3 aromatic heterocycles. The predicted molar refractivity (Wildman–Crippen MR) is 224 cm³/mol. The van der Waals surface area contributed by atoms with Crippen LogP contribution in [0.5, 0.6) is 11.8 Å². The molecule has 0 aliphatic carbocycles. The Hall–Kier alpha value is -6.43. The van der Waals surface area contributed by atoms with Gasteiger partial charge >= 0.3 is 0 Å². The van der Waals surface area contributed by atoms with Gasteiger partial charge in [0.05, 0.1) is 54.0 Å². The number of nitrogens with one attached hydrogen (secondary N) is 2. The van der Waals surface area contributed by atoms with Crippen molar-refractivity contribution in [2.75, 3.05) is 63.2 Å². The molecular weight excluding hydrogens is 803 g/mol. The Balaban J connectivity index is 0.847. The average molecular weight is 851 g/mol. The first kappa shape index (κ1) is 40.9. The van der Waals surface area contributed by atoms with Crippen LogP contribution in [0.2, 0.25) is 0 Å². The van der Waals surface area contributed by atoms with Crippen molar-refractivity contribution in [3.8, 4) is 23.0 Å². The van der Waals surface area contributed by atoms with Crippen LogP contribution >= 0.6 is 0 Å². The number of aryl methyl sites for hydroxylation is 1. The summed E-state index contributed by atoms with van der Waals surface area (Å²) in [6.07, 6.45) is 3.41. The van der Waals surface area contributed by atoms with E-state index in [9.17, 15) is 19.2 Å². The number of hydrogen-bond donors (Lipinski definition) is 2. The summed E-state index contributed by atoms with van der Waals surface area (Å²) in [6, 6.07) is 11.8. The molecule has 5 aromatic rings. The molecule has 7 heterocycles. The molecular formula is C44H48F2N10O6. The molecule has 18 heteroatoms. The van der Waals surface area contributed by atoms with Crippen LogP contribution in [0.4, 0.5) is 20.4 Å². The second-order valence-electron chi connectivity index (χ2n) is 16.7. The van der Waals surface area contributed by atoms with Gasteiger partial charge in [-0.15, -0.1) is 0 Å². The summed E-state index contributed by atoms with van der Waals surface area (Å²) < 4.78 is 45.8. The fraction of sp³-hybridized carbons (Fsp3) is 0.432. The van der Waals surface area contributed by atoms with Crippen LogP contribution in [-0.2, 0) is 34.5 Å². The molecule has 2 N–H and O–H groups in total. The smallest absolute Gasteiger partial charge is 0.258 e. The zero-order valence-corrected chi connectivity index (χ0v) is 34.8. The first-order valence-corrected chi connectivity index (χ1v) is 21.0. The lowest BCUT2D eigenvalue weighted by atomic mass is 9.89. The van der Waals surface area contributed by atoms with Crippen molar-refractivity contribution in [2.45, 2.75) is 51.6 Å². The van der Waals surface area contributed by atoms with Crippen molar-refractivity contribution in [1.82, 2.24) is 39.4 Å². The summed E-state index contributed by atoms with van der Waals surface area (Å²) >= 11 is 0. The number of ether oxygens (including phenoxy) is 2. The minimum Gasteiger partial charge on any atom is -0.481 e. The Kier molecular flexibility index (Phi) is 11.1. The molecule has 9 rings (SSSR count). The number of fused-ring (bicyclic) bond motifs is 7. The Labute approximate surface area is 356 Å².